The predicted octanol–water partition coefficient (Wildman–Crippen LogP) is 4.93. The van der Waals surface area contributed by atoms with Crippen LogP contribution in [-0.2, 0) is 0 Å². The van der Waals surface area contributed by atoms with Crippen LogP contribution in [-0.4, -0.2) is 12.8 Å². The molecule has 1 unspecified atom stereocenters. The van der Waals surface area contributed by atoms with Crippen LogP contribution in [0.25, 0.3) is 0 Å². The number of thioether (sulfide) groups is 1. The Hall–Kier alpha value is -0.290. The Bertz CT molecular complexity index is 493. The van der Waals surface area contributed by atoms with Gasteiger partial charge in [0.25, 0.3) is 0 Å². The molecule has 0 saturated carbocycles. The average Bonchev–Trinajstić information content (AvgIpc) is 2.82. The number of rotatable bonds is 5. The largest absolute Gasteiger partial charge is 0.306 e. The van der Waals surface area contributed by atoms with Crippen LogP contribution >= 0.6 is 39.0 Å². The molecule has 0 aliphatic carbocycles. The minimum Gasteiger partial charge on any atom is -0.306 e. The molecule has 1 nitrogen and oxygen atoms in total. The molecule has 2 rings (SSSR count). The maximum atomic E-state index is 3.55. The van der Waals surface area contributed by atoms with Gasteiger partial charge in [-0.15, -0.1) is 23.1 Å². The normalized spacial score (nSPS) is 12.6. The van der Waals surface area contributed by atoms with Crippen molar-refractivity contribution >= 4 is 39.0 Å². The molecule has 0 amide bonds. The lowest BCUT2D eigenvalue weighted by atomic mass is 10.1. The van der Waals surface area contributed by atoms with Crippen LogP contribution in [0, 0.1) is 0 Å². The van der Waals surface area contributed by atoms with E-state index in [2.05, 4.69) is 70.8 Å². The Morgan fingerprint density at radius 2 is 1.94 bits per heavy atom. The lowest BCUT2D eigenvalue weighted by Gasteiger charge is -2.17. The molecule has 0 aliphatic rings. The Labute approximate surface area is 125 Å². The molecule has 96 valence electrons. The number of hydrogen-bond acceptors (Lipinski definition) is 3. The van der Waals surface area contributed by atoms with E-state index < -0.39 is 0 Å². The molecule has 0 aliphatic heterocycles. The molecule has 0 fully saturated rings. The fraction of sp³-hybridized carbons (Fsp3) is 0.286. The quantitative estimate of drug-likeness (QED) is 0.773. The van der Waals surface area contributed by atoms with Gasteiger partial charge in [0, 0.05) is 9.77 Å². The molecule has 4 heteroatoms. The van der Waals surface area contributed by atoms with Crippen molar-refractivity contribution < 1.29 is 0 Å². The zero-order chi connectivity index (χ0) is 13.0. The minimum absolute atomic E-state index is 0.294. The third-order valence-electron chi connectivity index (χ3n) is 2.74. The van der Waals surface area contributed by atoms with Crippen molar-refractivity contribution in [3.8, 4) is 0 Å². The molecule has 0 spiro atoms. The van der Waals surface area contributed by atoms with E-state index in [9.17, 15) is 0 Å². The summed E-state index contributed by atoms with van der Waals surface area (Å²) in [6.45, 7) is 3.11. The first-order valence-corrected chi connectivity index (χ1v) is 8.70. The first-order valence-electron chi connectivity index (χ1n) is 5.87. The maximum Gasteiger partial charge on any atom is 0.0702 e. The van der Waals surface area contributed by atoms with E-state index in [0.717, 1.165) is 6.54 Å². The highest BCUT2D eigenvalue weighted by atomic mass is 79.9. The van der Waals surface area contributed by atoms with Gasteiger partial charge >= 0.3 is 0 Å². The van der Waals surface area contributed by atoms with Crippen LogP contribution < -0.4 is 5.32 Å². The lowest BCUT2D eigenvalue weighted by molar-refractivity contribution is 0.639. The van der Waals surface area contributed by atoms with E-state index in [1.165, 1.54) is 19.1 Å². The lowest BCUT2D eigenvalue weighted by Crippen LogP contribution is -2.20. The molecule has 2 aromatic rings. The molecule has 1 aromatic carbocycles. The minimum atomic E-state index is 0.294. The van der Waals surface area contributed by atoms with Crippen LogP contribution in [0.15, 0.2) is 45.1 Å². The second kappa shape index (κ2) is 6.75. The third kappa shape index (κ3) is 3.38. The summed E-state index contributed by atoms with van der Waals surface area (Å²) in [5, 5.41) is 3.55. The maximum absolute atomic E-state index is 3.55. The number of halogens is 1. The van der Waals surface area contributed by atoms with Crippen molar-refractivity contribution in [1.82, 2.24) is 5.32 Å². The van der Waals surface area contributed by atoms with Crippen molar-refractivity contribution in [2.24, 2.45) is 0 Å². The standard InChI is InChI=1S/C14H16BrNS2/c1-3-16-14(12-8-9-13(15)18-12)10-4-6-11(17-2)7-5-10/h4-9,14,16H,3H2,1-2H3. The summed E-state index contributed by atoms with van der Waals surface area (Å²) in [6.07, 6.45) is 2.10. The van der Waals surface area contributed by atoms with Crippen LogP contribution in [0.3, 0.4) is 0 Å². The van der Waals surface area contributed by atoms with Gasteiger partial charge in [0.05, 0.1) is 9.83 Å². The number of benzene rings is 1. The zero-order valence-corrected chi connectivity index (χ0v) is 13.7. The van der Waals surface area contributed by atoms with Gasteiger partial charge in [-0.05, 0) is 58.6 Å². The molecule has 1 atom stereocenters. The molecule has 1 heterocycles. The van der Waals surface area contributed by atoms with Gasteiger partial charge in [0.15, 0.2) is 0 Å². The van der Waals surface area contributed by atoms with Gasteiger partial charge < -0.3 is 5.32 Å². The van der Waals surface area contributed by atoms with E-state index in [1.54, 1.807) is 23.1 Å². The van der Waals surface area contributed by atoms with Crippen LogP contribution in [0.1, 0.15) is 23.4 Å². The van der Waals surface area contributed by atoms with Gasteiger partial charge in [0.1, 0.15) is 0 Å². The van der Waals surface area contributed by atoms with Crippen LogP contribution in [0.5, 0.6) is 0 Å². The van der Waals surface area contributed by atoms with E-state index in [-0.39, 0.29) is 0 Å². The molecule has 0 saturated heterocycles. The molecular formula is C14H16BrNS2. The average molecular weight is 342 g/mol. The number of nitrogens with one attached hydrogen (secondary N) is 1. The van der Waals surface area contributed by atoms with E-state index in [4.69, 9.17) is 0 Å². The predicted molar refractivity (Wildman–Crippen MR) is 85.8 cm³/mol. The second-order valence-corrected chi connectivity index (χ2v) is 7.28. The monoisotopic (exact) mass is 341 g/mol. The fourth-order valence-corrected chi connectivity index (χ4v) is 3.80. The molecule has 0 bridgehead atoms. The summed E-state index contributed by atoms with van der Waals surface area (Å²) < 4.78 is 1.18. The van der Waals surface area contributed by atoms with Crippen molar-refractivity contribution in [3.63, 3.8) is 0 Å². The van der Waals surface area contributed by atoms with Crippen molar-refractivity contribution in [1.29, 1.82) is 0 Å². The van der Waals surface area contributed by atoms with Gasteiger partial charge in [-0.3, -0.25) is 0 Å². The SMILES string of the molecule is CCNC(c1ccc(SC)cc1)c1ccc(Br)s1. The number of hydrogen-bond donors (Lipinski definition) is 1. The highest BCUT2D eigenvalue weighted by Gasteiger charge is 2.14. The van der Waals surface area contributed by atoms with Gasteiger partial charge in [-0.1, -0.05) is 19.1 Å². The summed E-state index contributed by atoms with van der Waals surface area (Å²) in [5.74, 6) is 0. The number of thiophene rings is 1. The molecule has 0 radical (unpaired) electrons. The van der Waals surface area contributed by atoms with E-state index >= 15 is 0 Å². The summed E-state index contributed by atoms with van der Waals surface area (Å²) in [5.41, 5.74) is 1.32. The zero-order valence-electron chi connectivity index (χ0n) is 10.4. The molecule has 18 heavy (non-hydrogen) atoms. The Morgan fingerprint density at radius 1 is 1.22 bits per heavy atom. The second-order valence-electron chi connectivity index (χ2n) is 3.91. The van der Waals surface area contributed by atoms with Crippen molar-refractivity contribution in [2.45, 2.75) is 17.9 Å². The first-order chi connectivity index (χ1) is 8.74. The topological polar surface area (TPSA) is 12.0 Å². The van der Waals surface area contributed by atoms with Crippen LogP contribution in [0.2, 0.25) is 0 Å². The van der Waals surface area contributed by atoms with Gasteiger partial charge in [-0.2, -0.15) is 0 Å². The third-order valence-corrected chi connectivity index (χ3v) is 5.17. The summed E-state index contributed by atoms with van der Waals surface area (Å²) >= 11 is 7.10. The fourth-order valence-electron chi connectivity index (χ4n) is 1.87. The summed E-state index contributed by atoms with van der Waals surface area (Å²) in [6, 6.07) is 13.4. The molecular weight excluding hydrogens is 326 g/mol. The summed E-state index contributed by atoms with van der Waals surface area (Å²) in [7, 11) is 0. The van der Waals surface area contributed by atoms with Gasteiger partial charge in [0.2, 0.25) is 0 Å². The highest BCUT2D eigenvalue weighted by molar-refractivity contribution is 9.11. The Morgan fingerprint density at radius 3 is 2.44 bits per heavy atom. The van der Waals surface area contributed by atoms with Crippen LogP contribution in [0.4, 0.5) is 0 Å². The molecule has 1 aromatic heterocycles. The Balaban J connectivity index is 2.28. The highest BCUT2D eigenvalue weighted by Crippen LogP contribution is 2.31. The van der Waals surface area contributed by atoms with E-state index in [1.807, 2.05) is 0 Å². The van der Waals surface area contributed by atoms with Crippen molar-refractivity contribution in [3.05, 3.63) is 50.6 Å². The smallest absolute Gasteiger partial charge is 0.0702 e. The summed E-state index contributed by atoms with van der Waals surface area (Å²) in [4.78, 5) is 2.65. The first kappa shape index (κ1) is 14.1. The molecule has 1 N–H and O–H groups in total. The van der Waals surface area contributed by atoms with Gasteiger partial charge in [-0.25, -0.2) is 0 Å². The van der Waals surface area contributed by atoms with Crippen molar-refractivity contribution in [2.75, 3.05) is 12.8 Å². The Kier molecular flexibility index (Phi) is 5.30. The van der Waals surface area contributed by atoms with E-state index in [0.29, 0.717) is 6.04 Å².